The molecule has 0 spiro atoms. The summed E-state index contributed by atoms with van der Waals surface area (Å²) in [5.41, 5.74) is 2.72. The Hall–Kier alpha value is -0.860. The lowest BCUT2D eigenvalue weighted by molar-refractivity contribution is 0.0389. The number of benzene rings is 1. The second-order valence-corrected chi connectivity index (χ2v) is 5.43. The molecule has 0 aromatic heterocycles. The Morgan fingerprint density at radius 2 is 1.87 bits per heavy atom. The Labute approximate surface area is 156 Å². The van der Waals surface area contributed by atoms with Crippen molar-refractivity contribution < 1.29 is 4.74 Å². The highest BCUT2D eigenvalue weighted by Crippen LogP contribution is 2.08. The average molecular weight is 432 g/mol. The molecular weight excluding hydrogens is 403 g/mol. The highest BCUT2D eigenvalue weighted by molar-refractivity contribution is 14.0. The van der Waals surface area contributed by atoms with Gasteiger partial charge in [-0.25, -0.2) is 0 Å². The lowest BCUT2D eigenvalue weighted by atomic mass is 10.1. The predicted molar refractivity (Wildman–Crippen MR) is 107 cm³/mol. The fourth-order valence-electron chi connectivity index (χ4n) is 2.63. The van der Waals surface area contributed by atoms with Crippen LogP contribution in [0.2, 0.25) is 0 Å². The summed E-state index contributed by atoms with van der Waals surface area (Å²) in [7, 11) is 1.82. The first-order valence-corrected chi connectivity index (χ1v) is 8.15. The summed E-state index contributed by atoms with van der Waals surface area (Å²) in [5, 5.41) is 6.77. The topological polar surface area (TPSA) is 48.9 Å². The standard InChI is InChI=1S/C17H28N4O.HI/c1-3-15-6-4-5-7-16(15)14-20-17(18-2)19-8-9-21-10-12-22-13-11-21;/h4-7H,3,8-14H2,1-2H3,(H2,18,19,20);1H. The van der Waals surface area contributed by atoms with Crippen molar-refractivity contribution in [2.45, 2.75) is 19.9 Å². The third kappa shape index (κ3) is 7.05. The number of nitrogens with one attached hydrogen (secondary N) is 2. The molecule has 1 saturated heterocycles. The molecule has 6 heteroatoms. The number of rotatable bonds is 6. The van der Waals surface area contributed by atoms with E-state index in [9.17, 15) is 0 Å². The second-order valence-electron chi connectivity index (χ2n) is 5.43. The molecule has 0 atom stereocenters. The molecule has 1 aliphatic rings. The molecule has 1 aliphatic heterocycles. The number of guanidine groups is 1. The summed E-state index contributed by atoms with van der Waals surface area (Å²) in [6, 6.07) is 8.54. The zero-order chi connectivity index (χ0) is 15.6. The summed E-state index contributed by atoms with van der Waals surface area (Å²) in [6.07, 6.45) is 1.06. The molecule has 0 aliphatic carbocycles. The van der Waals surface area contributed by atoms with E-state index in [1.807, 2.05) is 7.05 Å². The molecule has 130 valence electrons. The van der Waals surface area contributed by atoms with Gasteiger partial charge in [0.15, 0.2) is 5.96 Å². The number of aliphatic imine (C=N–C) groups is 1. The minimum Gasteiger partial charge on any atom is -0.379 e. The van der Waals surface area contributed by atoms with Crippen LogP contribution in [-0.4, -0.2) is 57.3 Å². The molecule has 23 heavy (non-hydrogen) atoms. The Bertz CT molecular complexity index is 475. The van der Waals surface area contributed by atoms with Gasteiger partial charge in [-0.1, -0.05) is 31.2 Å². The number of aryl methyl sites for hydroxylation is 1. The minimum absolute atomic E-state index is 0. The molecule has 2 N–H and O–H groups in total. The Kier molecular flexibility index (Phi) is 10.2. The molecule has 1 fully saturated rings. The maximum absolute atomic E-state index is 5.36. The SMILES string of the molecule is CCc1ccccc1CNC(=NC)NCCN1CCOCC1.I. The number of hydrogen-bond acceptors (Lipinski definition) is 3. The van der Waals surface area contributed by atoms with Crippen LogP contribution < -0.4 is 10.6 Å². The van der Waals surface area contributed by atoms with Gasteiger partial charge in [0.2, 0.25) is 0 Å². The summed E-state index contributed by atoms with van der Waals surface area (Å²) in [5.74, 6) is 0.860. The van der Waals surface area contributed by atoms with E-state index >= 15 is 0 Å². The Balaban J connectivity index is 0.00000264. The van der Waals surface area contributed by atoms with Gasteiger partial charge in [-0.05, 0) is 17.5 Å². The fraction of sp³-hybridized carbons (Fsp3) is 0.588. The van der Waals surface area contributed by atoms with Gasteiger partial charge in [-0.3, -0.25) is 9.89 Å². The molecule has 1 aromatic carbocycles. The lowest BCUT2D eigenvalue weighted by Crippen LogP contribution is -2.44. The van der Waals surface area contributed by atoms with E-state index in [0.717, 1.165) is 58.3 Å². The van der Waals surface area contributed by atoms with Crippen molar-refractivity contribution in [1.82, 2.24) is 15.5 Å². The van der Waals surface area contributed by atoms with Gasteiger partial charge in [-0.15, -0.1) is 24.0 Å². The van der Waals surface area contributed by atoms with Crippen LogP contribution in [0.15, 0.2) is 29.3 Å². The van der Waals surface area contributed by atoms with Crippen molar-refractivity contribution in [2.24, 2.45) is 4.99 Å². The van der Waals surface area contributed by atoms with Gasteiger partial charge >= 0.3 is 0 Å². The Morgan fingerprint density at radius 3 is 2.52 bits per heavy atom. The van der Waals surface area contributed by atoms with Gasteiger partial charge in [0.1, 0.15) is 0 Å². The largest absolute Gasteiger partial charge is 0.379 e. The van der Waals surface area contributed by atoms with Crippen molar-refractivity contribution in [1.29, 1.82) is 0 Å². The summed E-state index contributed by atoms with van der Waals surface area (Å²) < 4.78 is 5.36. The normalized spacial score (nSPS) is 15.8. The van der Waals surface area contributed by atoms with Crippen LogP contribution in [0.4, 0.5) is 0 Å². The highest BCUT2D eigenvalue weighted by atomic mass is 127. The smallest absolute Gasteiger partial charge is 0.191 e. The molecule has 5 nitrogen and oxygen atoms in total. The minimum atomic E-state index is 0. The number of halogens is 1. The van der Waals surface area contributed by atoms with E-state index in [4.69, 9.17) is 4.74 Å². The number of nitrogens with zero attached hydrogens (tertiary/aromatic N) is 2. The molecule has 2 rings (SSSR count). The summed E-state index contributed by atoms with van der Waals surface area (Å²) >= 11 is 0. The van der Waals surface area contributed by atoms with Gasteiger partial charge in [0.25, 0.3) is 0 Å². The first kappa shape index (κ1) is 20.2. The molecule has 1 heterocycles. The average Bonchev–Trinajstić information content (AvgIpc) is 2.59. The maximum Gasteiger partial charge on any atom is 0.191 e. The van der Waals surface area contributed by atoms with Gasteiger partial charge in [0.05, 0.1) is 13.2 Å². The zero-order valence-corrected chi connectivity index (χ0v) is 16.5. The third-order valence-corrected chi connectivity index (χ3v) is 3.99. The molecule has 0 radical (unpaired) electrons. The number of hydrogen-bond donors (Lipinski definition) is 2. The van der Waals surface area contributed by atoms with Crippen molar-refractivity contribution in [3.63, 3.8) is 0 Å². The molecule has 1 aromatic rings. The van der Waals surface area contributed by atoms with Crippen LogP contribution in [0, 0.1) is 0 Å². The van der Waals surface area contributed by atoms with Crippen LogP contribution in [-0.2, 0) is 17.7 Å². The van der Waals surface area contributed by atoms with Crippen LogP contribution >= 0.6 is 24.0 Å². The van der Waals surface area contributed by atoms with Gasteiger partial charge < -0.3 is 15.4 Å². The van der Waals surface area contributed by atoms with E-state index in [1.54, 1.807) is 0 Å². The molecule has 0 unspecified atom stereocenters. The number of morpholine rings is 1. The van der Waals surface area contributed by atoms with Crippen LogP contribution in [0.1, 0.15) is 18.1 Å². The van der Waals surface area contributed by atoms with Gasteiger partial charge in [-0.2, -0.15) is 0 Å². The van der Waals surface area contributed by atoms with Crippen molar-refractivity contribution in [2.75, 3.05) is 46.4 Å². The fourth-order valence-corrected chi connectivity index (χ4v) is 2.63. The first-order chi connectivity index (χ1) is 10.8. The molecular formula is C17H29IN4O. The van der Waals surface area contributed by atoms with Crippen LogP contribution in [0.3, 0.4) is 0 Å². The van der Waals surface area contributed by atoms with Gasteiger partial charge in [0, 0.05) is 39.8 Å². The van der Waals surface area contributed by atoms with Crippen molar-refractivity contribution >= 4 is 29.9 Å². The molecule has 0 amide bonds. The van der Waals surface area contributed by atoms with E-state index in [0.29, 0.717) is 0 Å². The van der Waals surface area contributed by atoms with E-state index in [2.05, 4.69) is 51.7 Å². The summed E-state index contributed by atoms with van der Waals surface area (Å²) in [6.45, 7) is 8.66. The second kappa shape index (κ2) is 11.6. The lowest BCUT2D eigenvalue weighted by Gasteiger charge is -2.26. The van der Waals surface area contributed by atoms with E-state index in [1.165, 1.54) is 11.1 Å². The van der Waals surface area contributed by atoms with Crippen molar-refractivity contribution in [3.05, 3.63) is 35.4 Å². The Morgan fingerprint density at radius 1 is 1.17 bits per heavy atom. The zero-order valence-electron chi connectivity index (χ0n) is 14.2. The third-order valence-electron chi connectivity index (χ3n) is 3.99. The van der Waals surface area contributed by atoms with E-state index < -0.39 is 0 Å². The van der Waals surface area contributed by atoms with Crippen LogP contribution in [0.25, 0.3) is 0 Å². The maximum atomic E-state index is 5.36. The quantitative estimate of drug-likeness (QED) is 0.410. The van der Waals surface area contributed by atoms with E-state index in [-0.39, 0.29) is 24.0 Å². The monoisotopic (exact) mass is 432 g/mol. The first-order valence-electron chi connectivity index (χ1n) is 8.15. The number of ether oxygens (including phenoxy) is 1. The highest BCUT2D eigenvalue weighted by Gasteiger charge is 2.09. The summed E-state index contributed by atoms with van der Waals surface area (Å²) in [4.78, 5) is 6.71. The van der Waals surface area contributed by atoms with Crippen molar-refractivity contribution in [3.8, 4) is 0 Å². The predicted octanol–water partition coefficient (Wildman–Crippen LogP) is 1.86. The van der Waals surface area contributed by atoms with Crippen LogP contribution in [0.5, 0.6) is 0 Å². The molecule has 0 bridgehead atoms. The molecule has 0 saturated carbocycles.